The van der Waals surface area contributed by atoms with Crippen LogP contribution >= 0.6 is 0 Å². The summed E-state index contributed by atoms with van der Waals surface area (Å²) in [5.74, 6) is -0.886. The number of nitrogens with zero attached hydrogens (tertiary/aromatic N) is 2. The van der Waals surface area contributed by atoms with Crippen LogP contribution in [0.15, 0.2) is 30.6 Å². The number of ether oxygens (including phenoxy) is 1. The van der Waals surface area contributed by atoms with Gasteiger partial charge < -0.3 is 14.5 Å². The molecule has 0 aromatic carbocycles. The minimum Gasteiger partial charge on any atom is -0.469 e. The fourth-order valence-corrected chi connectivity index (χ4v) is 3.26. The third-order valence-corrected chi connectivity index (χ3v) is 4.45. The van der Waals surface area contributed by atoms with Gasteiger partial charge in [0.2, 0.25) is 5.91 Å². The largest absolute Gasteiger partial charge is 0.469 e. The van der Waals surface area contributed by atoms with Crippen LogP contribution in [0.25, 0.3) is 5.65 Å². The Morgan fingerprint density at radius 1 is 1.35 bits per heavy atom. The standard InChI is InChI=1S/C17H21N3O3/c1-23-17(22)14-6-4-5-13(14)16(21)18-9-8-12-11-20-10-3-2-7-15(20)19-12/h2-3,7,10-11,13-14H,4-6,8-9H2,1H3,(H,18,21)/t13-,14+/m1/s1. The molecule has 2 heterocycles. The van der Waals surface area contributed by atoms with Gasteiger partial charge >= 0.3 is 5.97 Å². The fourth-order valence-electron chi connectivity index (χ4n) is 3.26. The molecule has 122 valence electrons. The lowest BCUT2D eigenvalue weighted by molar-refractivity contribution is -0.149. The molecular formula is C17H21N3O3. The molecular weight excluding hydrogens is 294 g/mol. The molecule has 1 aliphatic carbocycles. The predicted molar refractivity (Wildman–Crippen MR) is 84.8 cm³/mol. The van der Waals surface area contributed by atoms with Crippen molar-refractivity contribution in [3.63, 3.8) is 0 Å². The van der Waals surface area contributed by atoms with Crippen molar-refractivity contribution >= 4 is 17.5 Å². The zero-order valence-electron chi connectivity index (χ0n) is 13.2. The number of imidazole rings is 1. The number of amides is 1. The molecule has 0 saturated heterocycles. The molecule has 2 atom stereocenters. The third-order valence-electron chi connectivity index (χ3n) is 4.45. The van der Waals surface area contributed by atoms with Gasteiger partial charge in [-0.2, -0.15) is 0 Å². The SMILES string of the molecule is COC(=O)[C@H]1CCC[C@H]1C(=O)NCCc1cn2ccccc2n1. The molecule has 23 heavy (non-hydrogen) atoms. The van der Waals surface area contributed by atoms with Crippen molar-refractivity contribution in [2.45, 2.75) is 25.7 Å². The Morgan fingerprint density at radius 3 is 2.96 bits per heavy atom. The number of rotatable bonds is 5. The smallest absolute Gasteiger partial charge is 0.309 e. The number of pyridine rings is 1. The van der Waals surface area contributed by atoms with Crippen LogP contribution in [0.4, 0.5) is 0 Å². The van der Waals surface area contributed by atoms with E-state index in [0.717, 1.165) is 30.6 Å². The molecule has 2 aromatic heterocycles. The Kier molecular flexibility index (Phi) is 4.60. The second kappa shape index (κ2) is 6.81. The maximum Gasteiger partial charge on any atom is 0.309 e. The van der Waals surface area contributed by atoms with Gasteiger partial charge in [-0.15, -0.1) is 0 Å². The second-order valence-corrected chi connectivity index (χ2v) is 5.91. The summed E-state index contributed by atoms with van der Waals surface area (Å²) >= 11 is 0. The van der Waals surface area contributed by atoms with E-state index in [9.17, 15) is 9.59 Å². The molecule has 6 heteroatoms. The molecule has 6 nitrogen and oxygen atoms in total. The maximum atomic E-state index is 12.3. The minimum atomic E-state index is -0.296. The summed E-state index contributed by atoms with van der Waals surface area (Å²) in [5, 5.41) is 2.93. The fraction of sp³-hybridized carbons (Fsp3) is 0.471. The summed E-state index contributed by atoms with van der Waals surface area (Å²) in [6.45, 7) is 0.521. The van der Waals surface area contributed by atoms with Crippen molar-refractivity contribution < 1.29 is 14.3 Å². The molecule has 0 unspecified atom stereocenters. The summed E-state index contributed by atoms with van der Waals surface area (Å²) in [7, 11) is 1.37. The van der Waals surface area contributed by atoms with Crippen LogP contribution in [-0.4, -0.2) is 34.9 Å². The van der Waals surface area contributed by atoms with Gasteiger partial charge in [0.05, 0.1) is 24.6 Å². The molecule has 1 aliphatic rings. The Balaban J connectivity index is 1.53. The topological polar surface area (TPSA) is 72.7 Å². The van der Waals surface area contributed by atoms with E-state index in [4.69, 9.17) is 4.74 Å². The Morgan fingerprint density at radius 2 is 2.17 bits per heavy atom. The number of carbonyl (C=O) groups is 2. The lowest BCUT2D eigenvalue weighted by Crippen LogP contribution is -2.36. The van der Waals surface area contributed by atoms with E-state index < -0.39 is 0 Å². The van der Waals surface area contributed by atoms with Gasteiger partial charge in [0.1, 0.15) is 5.65 Å². The zero-order chi connectivity index (χ0) is 16.2. The van der Waals surface area contributed by atoms with Crippen LogP contribution in [-0.2, 0) is 20.7 Å². The molecule has 1 amide bonds. The average Bonchev–Trinajstić information content (AvgIpc) is 3.20. The first-order valence-electron chi connectivity index (χ1n) is 7.97. The van der Waals surface area contributed by atoms with Gasteiger partial charge in [0.25, 0.3) is 0 Å². The van der Waals surface area contributed by atoms with Crippen LogP contribution in [0.2, 0.25) is 0 Å². The van der Waals surface area contributed by atoms with Crippen molar-refractivity contribution in [3.05, 3.63) is 36.3 Å². The van der Waals surface area contributed by atoms with E-state index in [1.807, 2.05) is 35.0 Å². The average molecular weight is 315 g/mol. The van der Waals surface area contributed by atoms with E-state index in [1.54, 1.807) is 0 Å². The minimum absolute atomic E-state index is 0.0540. The lowest BCUT2D eigenvalue weighted by atomic mass is 9.95. The number of hydrogen-bond donors (Lipinski definition) is 1. The quantitative estimate of drug-likeness (QED) is 0.850. The summed E-state index contributed by atoms with van der Waals surface area (Å²) < 4.78 is 6.75. The number of aromatic nitrogens is 2. The number of carbonyl (C=O) groups excluding carboxylic acids is 2. The van der Waals surface area contributed by atoms with Gasteiger partial charge in [-0.25, -0.2) is 4.98 Å². The van der Waals surface area contributed by atoms with Gasteiger partial charge in [-0.1, -0.05) is 12.5 Å². The second-order valence-electron chi connectivity index (χ2n) is 5.91. The highest BCUT2D eigenvalue weighted by Gasteiger charge is 2.38. The summed E-state index contributed by atoms with van der Waals surface area (Å²) in [5.41, 5.74) is 1.84. The number of methoxy groups -OCH3 is 1. The molecule has 0 aliphatic heterocycles. The molecule has 1 N–H and O–H groups in total. The number of nitrogens with one attached hydrogen (secondary N) is 1. The maximum absolute atomic E-state index is 12.3. The lowest BCUT2D eigenvalue weighted by Gasteiger charge is -2.16. The van der Waals surface area contributed by atoms with Crippen LogP contribution in [0.5, 0.6) is 0 Å². The Hall–Kier alpha value is -2.37. The molecule has 0 bridgehead atoms. The van der Waals surface area contributed by atoms with Crippen molar-refractivity contribution in [2.24, 2.45) is 11.8 Å². The van der Waals surface area contributed by atoms with Crippen molar-refractivity contribution in [1.82, 2.24) is 14.7 Å². The normalized spacial score (nSPS) is 20.6. The first-order chi connectivity index (χ1) is 11.2. The van der Waals surface area contributed by atoms with Gasteiger partial charge in [0.15, 0.2) is 0 Å². The first kappa shape index (κ1) is 15.5. The molecule has 1 saturated carbocycles. The number of hydrogen-bond acceptors (Lipinski definition) is 4. The van der Waals surface area contributed by atoms with E-state index >= 15 is 0 Å². The van der Waals surface area contributed by atoms with Gasteiger partial charge in [-0.05, 0) is 25.0 Å². The highest BCUT2D eigenvalue weighted by Crippen LogP contribution is 2.32. The van der Waals surface area contributed by atoms with E-state index in [0.29, 0.717) is 13.0 Å². The van der Waals surface area contributed by atoms with Crippen LogP contribution in [0.3, 0.4) is 0 Å². The van der Waals surface area contributed by atoms with Gasteiger partial charge in [-0.3, -0.25) is 9.59 Å². The highest BCUT2D eigenvalue weighted by molar-refractivity contribution is 5.85. The van der Waals surface area contributed by atoms with Gasteiger partial charge in [0, 0.05) is 25.4 Å². The molecule has 3 rings (SSSR count). The Bertz CT molecular complexity index is 677. The molecule has 1 fully saturated rings. The summed E-state index contributed by atoms with van der Waals surface area (Å²) in [6.07, 6.45) is 6.96. The van der Waals surface area contributed by atoms with E-state index in [1.165, 1.54) is 7.11 Å². The van der Waals surface area contributed by atoms with Crippen LogP contribution in [0.1, 0.15) is 25.0 Å². The van der Waals surface area contributed by atoms with Crippen molar-refractivity contribution in [2.75, 3.05) is 13.7 Å². The van der Waals surface area contributed by atoms with Crippen LogP contribution < -0.4 is 5.32 Å². The molecule has 0 radical (unpaired) electrons. The number of esters is 1. The molecule has 2 aromatic rings. The van der Waals surface area contributed by atoms with E-state index in [-0.39, 0.29) is 23.7 Å². The van der Waals surface area contributed by atoms with Crippen molar-refractivity contribution in [3.8, 4) is 0 Å². The third kappa shape index (κ3) is 3.36. The number of fused-ring (bicyclic) bond motifs is 1. The Labute approximate surface area is 134 Å². The first-order valence-corrected chi connectivity index (χ1v) is 7.97. The zero-order valence-corrected chi connectivity index (χ0v) is 13.2. The summed E-state index contributed by atoms with van der Waals surface area (Å²) in [6, 6.07) is 5.84. The highest BCUT2D eigenvalue weighted by atomic mass is 16.5. The predicted octanol–water partition coefficient (Wildman–Crippen LogP) is 1.58. The summed E-state index contributed by atoms with van der Waals surface area (Å²) in [4.78, 5) is 28.5. The van der Waals surface area contributed by atoms with Crippen LogP contribution in [0, 0.1) is 11.8 Å². The van der Waals surface area contributed by atoms with Crippen molar-refractivity contribution in [1.29, 1.82) is 0 Å². The molecule has 0 spiro atoms. The monoisotopic (exact) mass is 315 g/mol. The van der Waals surface area contributed by atoms with E-state index in [2.05, 4.69) is 10.3 Å².